The molecule has 0 aromatic heterocycles. The smallest absolute Gasteiger partial charge is 0.335 e. The first kappa shape index (κ1) is 11.4. The average Bonchev–Trinajstić information content (AvgIpc) is 2.00. The van der Waals surface area contributed by atoms with Gasteiger partial charge in [0.25, 0.3) is 0 Å². The molecule has 0 spiro atoms. The third-order valence-electron chi connectivity index (χ3n) is 1.74. The van der Waals surface area contributed by atoms with E-state index in [1.54, 1.807) is 13.8 Å². The van der Waals surface area contributed by atoms with Crippen molar-refractivity contribution in [3.8, 4) is 0 Å². The maximum absolute atomic E-state index is 10.2. The SMILES string of the molecule is CC(C)C(N)C(O)C(O)C(=O)O. The standard InChI is InChI=1S/C7H15NO4/c1-3(2)4(8)5(9)6(10)7(11)12/h3-6,9-10H,8H2,1-2H3,(H,11,12). The van der Waals surface area contributed by atoms with Crippen LogP contribution in [0.25, 0.3) is 0 Å². The number of nitrogens with two attached hydrogens (primary N) is 1. The van der Waals surface area contributed by atoms with Gasteiger partial charge in [-0.1, -0.05) is 13.8 Å². The molecule has 0 aromatic carbocycles. The molecular weight excluding hydrogens is 162 g/mol. The van der Waals surface area contributed by atoms with Crippen molar-refractivity contribution >= 4 is 5.97 Å². The molecule has 12 heavy (non-hydrogen) atoms. The predicted molar refractivity (Wildman–Crippen MR) is 42.5 cm³/mol. The number of aliphatic hydroxyl groups excluding tert-OH is 2. The molecule has 72 valence electrons. The van der Waals surface area contributed by atoms with Gasteiger partial charge in [0.05, 0.1) is 0 Å². The third-order valence-corrected chi connectivity index (χ3v) is 1.74. The Balaban J connectivity index is 4.18. The summed E-state index contributed by atoms with van der Waals surface area (Å²) >= 11 is 0. The lowest BCUT2D eigenvalue weighted by Crippen LogP contribution is -2.49. The Labute approximate surface area is 70.8 Å². The number of aliphatic carboxylic acids is 1. The van der Waals surface area contributed by atoms with E-state index >= 15 is 0 Å². The highest BCUT2D eigenvalue weighted by Gasteiger charge is 2.30. The molecule has 0 amide bonds. The summed E-state index contributed by atoms with van der Waals surface area (Å²) in [5.74, 6) is -1.53. The first-order valence-corrected chi connectivity index (χ1v) is 3.72. The topological polar surface area (TPSA) is 104 Å². The van der Waals surface area contributed by atoms with Crippen molar-refractivity contribution in [1.29, 1.82) is 0 Å². The Hall–Kier alpha value is -0.650. The molecular formula is C7H15NO4. The van der Waals surface area contributed by atoms with Crippen molar-refractivity contribution in [2.45, 2.75) is 32.1 Å². The van der Waals surface area contributed by atoms with Crippen molar-refractivity contribution in [2.75, 3.05) is 0 Å². The van der Waals surface area contributed by atoms with E-state index < -0.39 is 24.2 Å². The van der Waals surface area contributed by atoms with Gasteiger partial charge in [0.2, 0.25) is 0 Å². The average molecular weight is 177 g/mol. The predicted octanol–water partition coefficient (Wildman–Crippen LogP) is -1.22. The second kappa shape index (κ2) is 4.39. The molecule has 0 heterocycles. The van der Waals surface area contributed by atoms with Crippen LogP contribution < -0.4 is 5.73 Å². The van der Waals surface area contributed by atoms with Crippen LogP contribution in [-0.4, -0.2) is 39.5 Å². The molecule has 0 aromatic rings. The molecule has 5 nitrogen and oxygen atoms in total. The van der Waals surface area contributed by atoms with E-state index in [9.17, 15) is 9.90 Å². The Morgan fingerprint density at radius 3 is 2.00 bits per heavy atom. The van der Waals surface area contributed by atoms with Gasteiger partial charge in [0.15, 0.2) is 6.10 Å². The zero-order chi connectivity index (χ0) is 9.89. The zero-order valence-corrected chi connectivity index (χ0v) is 7.14. The summed E-state index contributed by atoms with van der Waals surface area (Å²) < 4.78 is 0. The van der Waals surface area contributed by atoms with Gasteiger partial charge >= 0.3 is 5.97 Å². The number of carboxylic acids is 1. The van der Waals surface area contributed by atoms with Crippen molar-refractivity contribution in [3.05, 3.63) is 0 Å². The van der Waals surface area contributed by atoms with E-state index in [0.29, 0.717) is 0 Å². The number of rotatable bonds is 4. The number of aliphatic hydroxyl groups is 2. The quantitative estimate of drug-likeness (QED) is 0.430. The van der Waals surface area contributed by atoms with Crippen LogP contribution in [-0.2, 0) is 4.79 Å². The molecule has 0 bridgehead atoms. The van der Waals surface area contributed by atoms with Crippen molar-refractivity contribution in [1.82, 2.24) is 0 Å². The highest BCUT2D eigenvalue weighted by Crippen LogP contribution is 2.07. The van der Waals surface area contributed by atoms with Crippen LogP contribution in [0.2, 0.25) is 0 Å². The molecule has 3 atom stereocenters. The number of carboxylic acid groups (broad SMARTS) is 1. The Morgan fingerprint density at radius 1 is 1.33 bits per heavy atom. The lowest BCUT2D eigenvalue weighted by atomic mass is 9.96. The highest BCUT2D eigenvalue weighted by molar-refractivity contribution is 5.72. The molecule has 0 aliphatic heterocycles. The Morgan fingerprint density at radius 2 is 1.75 bits per heavy atom. The summed E-state index contributed by atoms with van der Waals surface area (Å²) in [4.78, 5) is 10.2. The summed E-state index contributed by atoms with van der Waals surface area (Å²) in [6.07, 6.45) is -3.22. The third kappa shape index (κ3) is 2.77. The molecule has 0 saturated carbocycles. The van der Waals surface area contributed by atoms with Gasteiger partial charge in [0.1, 0.15) is 6.10 Å². The zero-order valence-electron chi connectivity index (χ0n) is 7.14. The Bertz CT molecular complexity index is 159. The lowest BCUT2D eigenvalue weighted by molar-refractivity contribution is -0.154. The summed E-state index contributed by atoms with van der Waals surface area (Å²) in [5, 5.41) is 26.4. The lowest BCUT2D eigenvalue weighted by Gasteiger charge is -2.23. The van der Waals surface area contributed by atoms with Gasteiger partial charge in [-0.15, -0.1) is 0 Å². The fourth-order valence-corrected chi connectivity index (χ4v) is 0.751. The highest BCUT2D eigenvalue weighted by atomic mass is 16.4. The van der Waals surface area contributed by atoms with E-state index in [1.165, 1.54) is 0 Å². The van der Waals surface area contributed by atoms with Crippen LogP contribution in [0.15, 0.2) is 0 Å². The van der Waals surface area contributed by atoms with Crippen LogP contribution in [0.3, 0.4) is 0 Å². The minimum Gasteiger partial charge on any atom is -0.479 e. The largest absolute Gasteiger partial charge is 0.479 e. The van der Waals surface area contributed by atoms with Crippen molar-refractivity contribution < 1.29 is 20.1 Å². The molecule has 0 rings (SSSR count). The van der Waals surface area contributed by atoms with Gasteiger partial charge in [-0.25, -0.2) is 4.79 Å². The molecule has 0 radical (unpaired) electrons. The first-order chi connectivity index (χ1) is 5.37. The van der Waals surface area contributed by atoms with Gasteiger partial charge < -0.3 is 21.1 Å². The van der Waals surface area contributed by atoms with Crippen LogP contribution in [0.5, 0.6) is 0 Å². The van der Waals surface area contributed by atoms with E-state index in [1.807, 2.05) is 0 Å². The fraction of sp³-hybridized carbons (Fsp3) is 0.857. The maximum Gasteiger partial charge on any atom is 0.335 e. The molecule has 5 N–H and O–H groups in total. The second-order valence-electron chi connectivity index (χ2n) is 3.10. The van der Waals surface area contributed by atoms with Gasteiger partial charge in [-0.3, -0.25) is 0 Å². The molecule has 0 aliphatic carbocycles. The summed E-state index contributed by atoms with van der Waals surface area (Å²) in [6.45, 7) is 3.48. The van der Waals surface area contributed by atoms with Crippen molar-refractivity contribution in [3.63, 3.8) is 0 Å². The van der Waals surface area contributed by atoms with E-state index in [2.05, 4.69) is 0 Å². The number of hydrogen-bond acceptors (Lipinski definition) is 4. The summed E-state index contributed by atoms with van der Waals surface area (Å²) in [7, 11) is 0. The van der Waals surface area contributed by atoms with Gasteiger partial charge in [-0.05, 0) is 5.92 Å². The van der Waals surface area contributed by atoms with E-state index in [0.717, 1.165) is 0 Å². The Kier molecular flexibility index (Phi) is 4.16. The van der Waals surface area contributed by atoms with Gasteiger partial charge in [-0.2, -0.15) is 0 Å². The van der Waals surface area contributed by atoms with Crippen molar-refractivity contribution in [2.24, 2.45) is 11.7 Å². The second-order valence-corrected chi connectivity index (χ2v) is 3.10. The van der Waals surface area contributed by atoms with E-state index in [4.69, 9.17) is 15.9 Å². The van der Waals surface area contributed by atoms with Crippen LogP contribution >= 0.6 is 0 Å². The normalized spacial score (nSPS) is 18.8. The van der Waals surface area contributed by atoms with Crippen LogP contribution in [0, 0.1) is 5.92 Å². The molecule has 0 aliphatic rings. The summed E-state index contributed by atoms with van der Waals surface area (Å²) in [5.41, 5.74) is 5.43. The number of carbonyl (C=O) groups is 1. The van der Waals surface area contributed by atoms with Crippen LogP contribution in [0.4, 0.5) is 0 Å². The molecule has 0 saturated heterocycles. The minimum atomic E-state index is -1.80. The molecule has 5 heteroatoms. The van der Waals surface area contributed by atoms with Gasteiger partial charge in [0, 0.05) is 6.04 Å². The van der Waals surface area contributed by atoms with Crippen LogP contribution in [0.1, 0.15) is 13.8 Å². The first-order valence-electron chi connectivity index (χ1n) is 3.72. The monoisotopic (exact) mass is 177 g/mol. The summed E-state index contributed by atoms with van der Waals surface area (Å²) in [6, 6.07) is -0.726. The fourth-order valence-electron chi connectivity index (χ4n) is 0.751. The maximum atomic E-state index is 10.2. The van der Waals surface area contributed by atoms with E-state index in [-0.39, 0.29) is 5.92 Å². The number of hydrogen-bond donors (Lipinski definition) is 4. The molecule has 0 fully saturated rings. The molecule has 3 unspecified atom stereocenters. The minimum absolute atomic E-state index is 0.0750.